The van der Waals surface area contributed by atoms with Gasteiger partial charge in [0.2, 0.25) is 0 Å². The molecule has 34 heavy (non-hydrogen) atoms. The van der Waals surface area contributed by atoms with Crippen molar-refractivity contribution in [2.45, 2.75) is 51.4 Å². The molecule has 0 unspecified atom stereocenters. The molecule has 2 heterocycles. The first kappa shape index (κ1) is 23.8. The molecule has 0 bridgehead atoms. The fraction of sp³-hybridized carbons (Fsp3) is 0.591. The van der Waals surface area contributed by atoms with Crippen molar-refractivity contribution in [3.05, 3.63) is 32.7 Å². The number of hydrogen-bond donors (Lipinski definition) is 2. The molecule has 2 atom stereocenters. The van der Waals surface area contributed by atoms with Gasteiger partial charge in [-0.2, -0.15) is 4.68 Å². The van der Waals surface area contributed by atoms with Gasteiger partial charge in [-0.3, -0.25) is 9.36 Å². The molecule has 0 spiro atoms. The Kier molecular flexibility index (Phi) is 5.94. The van der Waals surface area contributed by atoms with Crippen LogP contribution in [0, 0.1) is 11.7 Å². The molecule has 1 aliphatic carbocycles. The molecule has 1 aromatic heterocycles. The second-order valence-electron chi connectivity index (χ2n) is 9.76. The number of nitrogen functional groups attached to an aromatic ring is 1. The second kappa shape index (κ2) is 8.48. The highest BCUT2D eigenvalue weighted by atomic mass is 19.1. The Balaban J connectivity index is 1.70. The summed E-state index contributed by atoms with van der Waals surface area (Å²) in [4.78, 5) is 38.8. The third-order valence-corrected chi connectivity index (χ3v) is 5.99. The number of anilines is 1. The summed E-state index contributed by atoms with van der Waals surface area (Å²) >= 11 is 0. The van der Waals surface area contributed by atoms with Gasteiger partial charge in [0.15, 0.2) is 11.6 Å². The molecule has 1 aromatic carbocycles. The normalized spacial score (nSPS) is 20.6. The first-order chi connectivity index (χ1) is 15.9. The van der Waals surface area contributed by atoms with Crippen molar-refractivity contribution in [2.75, 3.05) is 37.5 Å². The van der Waals surface area contributed by atoms with Gasteiger partial charge in [0.1, 0.15) is 23.0 Å². The van der Waals surface area contributed by atoms with E-state index in [0.29, 0.717) is 17.5 Å². The number of benzene rings is 1. The van der Waals surface area contributed by atoms with Crippen LogP contribution in [0.1, 0.15) is 39.7 Å². The summed E-state index contributed by atoms with van der Waals surface area (Å²) in [7, 11) is 1.30. The van der Waals surface area contributed by atoms with Crippen LogP contribution in [0.5, 0.6) is 5.75 Å². The lowest BCUT2D eigenvalue weighted by molar-refractivity contribution is 0.0515. The molecule has 4 rings (SSSR count). The summed E-state index contributed by atoms with van der Waals surface area (Å²) in [6, 6.07) is 0.826. The maximum Gasteiger partial charge on any atom is 0.407 e. The Morgan fingerprint density at radius 1 is 1.26 bits per heavy atom. The first-order valence-corrected chi connectivity index (χ1v) is 11.1. The van der Waals surface area contributed by atoms with E-state index < -0.39 is 40.9 Å². The third kappa shape index (κ3) is 4.28. The topological polar surface area (TPSA) is 121 Å². The number of aromatic nitrogens is 2. The summed E-state index contributed by atoms with van der Waals surface area (Å²) in [6.07, 6.45) is -0.619. The number of carbonyl (C=O) groups is 1. The van der Waals surface area contributed by atoms with Crippen molar-refractivity contribution >= 4 is 22.7 Å². The number of rotatable bonds is 5. The molecule has 0 radical (unpaired) electrons. The zero-order chi connectivity index (χ0) is 24.9. The molecule has 1 aliphatic heterocycles. The quantitative estimate of drug-likeness (QED) is 0.623. The van der Waals surface area contributed by atoms with Crippen LogP contribution in [0.15, 0.2) is 15.7 Å². The Morgan fingerprint density at radius 3 is 2.53 bits per heavy atom. The van der Waals surface area contributed by atoms with E-state index in [9.17, 15) is 18.8 Å². The van der Waals surface area contributed by atoms with Gasteiger partial charge in [-0.15, -0.1) is 0 Å². The molecule has 10 nitrogen and oxygen atoms in total. The number of methoxy groups -OCH3 is 1. The van der Waals surface area contributed by atoms with Crippen LogP contribution in [0.4, 0.5) is 19.3 Å². The zero-order valence-electron chi connectivity index (χ0n) is 19.6. The fourth-order valence-electron chi connectivity index (χ4n) is 4.33. The highest BCUT2D eigenvalue weighted by molar-refractivity contribution is 5.91. The molecule has 186 valence electrons. The number of fused-ring (bicyclic) bond motifs is 1. The molecule has 3 N–H and O–H groups in total. The summed E-state index contributed by atoms with van der Waals surface area (Å²) < 4.78 is 42.7. The van der Waals surface area contributed by atoms with Crippen LogP contribution in [0.25, 0.3) is 10.9 Å². The molecule has 1 saturated heterocycles. The van der Waals surface area contributed by atoms with Crippen LogP contribution in [-0.4, -0.2) is 53.9 Å². The number of alkyl halides is 1. The number of carbonyl (C=O) groups excluding carboxylic acids is 1. The van der Waals surface area contributed by atoms with Crippen molar-refractivity contribution in [1.82, 2.24) is 14.6 Å². The van der Waals surface area contributed by atoms with E-state index in [2.05, 4.69) is 5.32 Å². The van der Waals surface area contributed by atoms with E-state index in [1.807, 2.05) is 0 Å². The first-order valence-electron chi connectivity index (χ1n) is 11.1. The van der Waals surface area contributed by atoms with Crippen molar-refractivity contribution in [3.63, 3.8) is 0 Å². The number of nitrogens with zero attached hydrogens (tertiary/aromatic N) is 3. The van der Waals surface area contributed by atoms with E-state index in [0.717, 1.165) is 6.07 Å². The Morgan fingerprint density at radius 2 is 1.94 bits per heavy atom. The van der Waals surface area contributed by atoms with E-state index in [1.165, 1.54) is 16.6 Å². The van der Waals surface area contributed by atoms with Gasteiger partial charge in [0.25, 0.3) is 5.56 Å². The van der Waals surface area contributed by atoms with Crippen molar-refractivity contribution in [2.24, 2.45) is 5.92 Å². The number of amides is 1. The molecular weight excluding hydrogens is 452 g/mol. The molecule has 1 saturated carbocycles. The average Bonchev–Trinajstić information content (AvgIpc) is 3.51. The van der Waals surface area contributed by atoms with Gasteiger partial charge in [-0.05, 0) is 39.7 Å². The van der Waals surface area contributed by atoms with Gasteiger partial charge in [0.05, 0.1) is 12.5 Å². The van der Waals surface area contributed by atoms with Gasteiger partial charge in [0, 0.05) is 31.6 Å². The van der Waals surface area contributed by atoms with E-state index in [1.54, 1.807) is 20.8 Å². The summed E-state index contributed by atoms with van der Waals surface area (Å²) in [5, 5.41) is 2.46. The van der Waals surface area contributed by atoms with Crippen LogP contribution < -0.4 is 32.0 Å². The molecule has 1 amide bonds. The van der Waals surface area contributed by atoms with Crippen molar-refractivity contribution < 1.29 is 23.0 Å². The predicted molar refractivity (Wildman–Crippen MR) is 122 cm³/mol. The standard InChI is InChI=1S/C22H29F2N5O5/c1-22(2,3)34-20(31)26-8-11-9-27(10-15(11)24)17-14(23)7-13-16(18(17)33-4)28(12-5-6-12)21(32)29(25)19(13)30/h7,11-12,15H,5-6,8-10,25H2,1-4H3,(H,26,31)/t11-,15+/m1/s1. The van der Waals surface area contributed by atoms with E-state index in [-0.39, 0.29) is 48.0 Å². The maximum absolute atomic E-state index is 15.3. The van der Waals surface area contributed by atoms with Crippen LogP contribution in [0.2, 0.25) is 0 Å². The number of nitrogens with one attached hydrogen (secondary N) is 1. The lowest BCUT2D eigenvalue weighted by Gasteiger charge is -2.24. The van der Waals surface area contributed by atoms with Crippen LogP contribution >= 0.6 is 0 Å². The number of hydrogen-bond acceptors (Lipinski definition) is 7. The average molecular weight is 482 g/mol. The predicted octanol–water partition coefficient (Wildman–Crippen LogP) is 1.66. The number of ether oxygens (including phenoxy) is 2. The molecule has 12 heteroatoms. The SMILES string of the molecule is COc1c(N2C[C@@H](CNC(=O)OC(C)(C)C)[C@@H](F)C2)c(F)cc2c(=O)n(N)c(=O)n(C3CC3)c12. The van der Waals surface area contributed by atoms with Gasteiger partial charge in [-0.1, -0.05) is 0 Å². The van der Waals surface area contributed by atoms with E-state index in [4.69, 9.17) is 15.3 Å². The van der Waals surface area contributed by atoms with E-state index >= 15 is 4.39 Å². The minimum atomic E-state index is -1.36. The lowest BCUT2D eigenvalue weighted by Crippen LogP contribution is -2.44. The zero-order valence-corrected chi connectivity index (χ0v) is 19.6. The Labute approximate surface area is 194 Å². The minimum absolute atomic E-state index is 0.00520. The number of halogens is 2. The van der Waals surface area contributed by atoms with Gasteiger partial charge < -0.3 is 25.5 Å². The second-order valence-corrected chi connectivity index (χ2v) is 9.76. The molecule has 2 aliphatic rings. The number of nitrogens with two attached hydrogens (primary N) is 1. The van der Waals surface area contributed by atoms with Crippen LogP contribution in [-0.2, 0) is 4.74 Å². The largest absolute Gasteiger partial charge is 0.492 e. The molecular formula is C22H29F2N5O5. The summed E-state index contributed by atoms with van der Waals surface area (Å²) in [5.41, 5.74) is -2.16. The molecule has 2 aromatic rings. The van der Waals surface area contributed by atoms with Crippen molar-refractivity contribution in [1.29, 1.82) is 0 Å². The maximum atomic E-state index is 15.3. The number of alkyl carbamates (subject to hydrolysis) is 1. The Bertz CT molecular complexity index is 1250. The highest BCUT2D eigenvalue weighted by Gasteiger charge is 2.38. The van der Waals surface area contributed by atoms with Gasteiger partial charge in [-0.25, -0.2) is 18.4 Å². The summed E-state index contributed by atoms with van der Waals surface area (Å²) in [6.45, 7) is 5.08. The highest BCUT2D eigenvalue weighted by Crippen LogP contribution is 2.43. The monoisotopic (exact) mass is 481 g/mol. The Hall–Kier alpha value is -3.31. The smallest absolute Gasteiger partial charge is 0.407 e. The fourth-order valence-corrected chi connectivity index (χ4v) is 4.33. The van der Waals surface area contributed by atoms with Gasteiger partial charge >= 0.3 is 11.8 Å². The third-order valence-electron chi connectivity index (χ3n) is 5.99. The molecule has 2 fully saturated rings. The minimum Gasteiger partial charge on any atom is -0.492 e. The van der Waals surface area contributed by atoms with Crippen molar-refractivity contribution in [3.8, 4) is 5.75 Å². The lowest BCUT2D eigenvalue weighted by atomic mass is 10.1. The summed E-state index contributed by atoms with van der Waals surface area (Å²) in [5.74, 6) is 4.20. The van der Waals surface area contributed by atoms with Crippen LogP contribution in [0.3, 0.4) is 0 Å².